The quantitative estimate of drug-likeness (QED) is 0.112. The summed E-state index contributed by atoms with van der Waals surface area (Å²) in [7, 11) is 0. The Morgan fingerprint density at radius 1 is 0.735 bits per heavy atom. The Hall–Kier alpha value is -5.90. The molecule has 4 aromatic carbocycles. The van der Waals surface area contributed by atoms with E-state index in [2.05, 4.69) is 4.90 Å². The summed E-state index contributed by atoms with van der Waals surface area (Å²) in [5.41, 5.74) is 2.89. The molecule has 6 rings (SSSR count). The van der Waals surface area contributed by atoms with E-state index in [1.54, 1.807) is 6.07 Å². The summed E-state index contributed by atoms with van der Waals surface area (Å²) < 4.78 is 43.4. The number of halogens is 3. The molecule has 0 bridgehead atoms. The van der Waals surface area contributed by atoms with Crippen LogP contribution in [0, 0.1) is 17.5 Å². The molecule has 7 nitrogen and oxygen atoms in total. The van der Waals surface area contributed by atoms with Crippen molar-refractivity contribution in [3.8, 4) is 11.1 Å². The molecule has 0 unspecified atom stereocenters. The lowest BCUT2D eigenvalue weighted by Gasteiger charge is -2.35. The van der Waals surface area contributed by atoms with Crippen molar-refractivity contribution < 1.29 is 27.9 Å². The largest absolute Gasteiger partial charge is 0.507 e. The summed E-state index contributed by atoms with van der Waals surface area (Å²) in [5, 5.41) is 11.0. The average molecular weight is 664 g/mol. The van der Waals surface area contributed by atoms with Gasteiger partial charge in [-0.15, -0.1) is 0 Å². The third-order valence-electron chi connectivity index (χ3n) is 8.43. The van der Waals surface area contributed by atoms with E-state index < -0.39 is 40.5 Å². The lowest BCUT2D eigenvalue weighted by molar-refractivity contribution is -0.142. The van der Waals surface area contributed by atoms with Crippen molar-refractivity contribution in [3.05, 3.63) is 165 Å². The SMILES string of the molecule is O=C(C=C(O)c1cc(Cc2cc(F)cc(F)c2)cn(Cc2ccccc2F)c1=O)C(=O)N1CCN(c2ccc(-c3ccccc3)cc2)CC1. The van der Waals surface area contributed by atoms with E-state index in [1.165, 1.54) is 35.4 Å². The van der Waals surface area contributed by atoms with Gasteiger partial charge in [0.15, 0.2) is 0 Å². The van der Waals surface area contributed by atoms with Gasteiger partial charge in [-0.05, 0) is 65.1 Å². The fraction of sp³-hybridized carbons (Fsp3) is 0.154. The van der Waals surface area contributed by atoms with Crippen LogP contribution < -0.4 is 10.5 Å². The molecule has 1 N–H and O–H groups in total. The van der Waals surface area contributed by atoms with Crippen LogP contribution in [0.2, 0.25) is 0 Å². The number of carbonyl (C=O) groups is 2. The second-order valence-corrected chi connectivity index (χ2v) is 11.8. The number of ketones is 1. The van der Waals surface area contributed by atoms with E-state index in [9.17, 15) is 32.7 Å². The fourth-order valence-corrected chi connectivity index (χ4v) is 5.94. The van der Waals surface area contributed by atoms with Gasteiger partial charge in [0.2, 0.25) is 5.78 Å². The summed E-state index contributed by atoms with van der Waals surface area (Å²) in [5.74, 6) is -4.74. The van der Waals surface area contributed by atoms with Gasteiger partial charge in [-0.25, -0.2) is 13.2 Å². The molecule has 0 atom stereocenters. The predicted molar refractivity (Wildman–Crippen MR) is 182 cm³/mol. The Morgan fingerprint density at radius 3 is 2.04 bits per heavy atom. The normalized spacial score (nSPS) is 13.4. The summed E-state index contributed by atoms with van der Waals surface area (Å²) in [6, 6.07) is 28.2. The Bertz CT molecular complexity index is 2070. The van der Waals surface area contributed by atoms with Crippen molar-refractivity contribution in [2.75, 3.05) is 31.1 Å². The van der Waals surface area contributed by atoms with E-state index in [0.29, 0.717) is 24.7 Å². The van der Waals surface area contributed by atoms with E-state index in [1.807, 2.05) is 54.6 Å². The Balaban J connectivity index is 1.18. The van der Waals surface area contributed by atoms with Crippen LogP contribution in [-0.2, 0) is 22.6 Å². The molecule has 2 heterocycles. The van der Waals surface area contributed by atoms with Gasteiger partial charge in [-0.1, -0.05) is 60.7 Å². The van der Waals surface area contributed by atoms with Gasteiger partial charge in [0.25, 0.3) is 11.5 Å². The van der Waals surface area contributed by atoms with Crippen LogP contribution in [0.1, 0.15) is 22.3 Å². The first-order valence-electron chi connectivity index (χ1n) is 15.7. The molecule has 0 aliphatic carbocycles. The van der Waals surface area contributed by atoms with Gasteiger partial charge >= 0.3 is 0 Å². The smallest absolute Gasteiger partial charge is 0.294 e. The predicted octanol–water partition coefficient (Wildman–Crippen LogP) is 6.39. The van der Waals surface area contributed by atoms with Crippen LogP contribution in [0.5, 0.6) is 0 Å². The first kappa shape index (κ1) is 33.0. The minimum absolute atomic E-state index is 0.0430. The molecule has 248 valence electrons. The maximum Gasteiger partial charge on any atom is 0.294 e. The van der Waals surface area contributed by atoms with Crippen molar-refractivity contribution in [2.45, 2.75) is 13.0 Å². The number of rotatable bonds is 9. The van der Waals surface area contributed by atoms with E-state index in [0.717, 1.165) is 39.6 Å². The monoisotopic (exact) mass is 663 g/mol. The highest BCUT2D eigenvalue weighted by molar-refractivity contribution is 6.41. The molecular weight excluding hydrogens is 631 g/mol. The number of piperazine rings is 1. The number of anilines is 1. The summed E-state index contributed by atoms with van der Waals surface area (Å²) in [4.78, 5) is 43.2. The Morgan fingerprint density at radius 2 is 1.37 bits per heavy atom. The number of hydrogen-bond donors (Lipinski definition) is 1. The first-order valence-corrected chi connectivity index (χ1v) is 15.7. The number of pyridine rings is 1. The number of aromatic nitrogens is 1. The number of aliphatic hydroxyl groups excluding tert-OH is 1. The zero-order valence-corrected chi connectivity index (χ0v) is 26.4. The molecule has 0 spiro atoms. The maximum atomic E-state index is 14.5. The van der Waals surface area contributed by atoms with Gasteiger partial charge in [0.05, 0.1) is 12.1 Å². The van der Waals surface area contributed by atoms with Gasteiger partial charge < -0.3 is 19.5 Å². The van der Waals surface area contributed by atoms with E-state index in [-0.39, 0.29) is 42.7 Å². The lowest BCUT2D eigenvalue weighted by atomic mass is 10.0. The van der Waals surface area contributed by atoms with E-state index >= 15 is 0 Å². The highest BCUT2D eigenvalue weighted by atomic mass is 19.1. The summed E-state index contributed by atoms with van der Waals surface area (Å²) in [6.45, 7) is 1.30. The molecule has 1 aliphatic rings. The molecule has 49 heavy (non-hydrogen) atoms. The molecule has 1 aliphatic heterocycles. The van der Waals surface area contributed by atoms with Crippen molar-refractivity contribution in [1.82, 2.24) is 9.47 Å². The van der Waals surface area contributed by atoms with Gasteiger partial charge in [0, 0.05) is 55.8 Å². The molecule has 1 saturated heterocycles. The van der Waals surface area contributed by atoms with Crippen molar-refractivity contribution in [1.29, 1.82) is 0 Å². The first-order chi connectivity index (χ1) is 23.6. The number of nitrogens with zero attached hydrogens (tertiary/aromatic N) is 3. The topological polar surface area (TPSA) is 82.8 Å². The van der Waals surface area contributed by atoms with Gasteiger partial charge in [-0.3, -0.25) is 14.4 Å². The highest BCUT2D eigenvalue weighted by Gasteiger charge is 2.26. The molecule has 0 radical (unpaired) electrons. The molecule has 5 aromatic rings. The Kier molecular flexibility index (Phi) is 9.75. The zero-order valence-electron chi connectivity index (χ0n) is 26.4. The third kappa shape index (κ3) is 7.81. The zero-order chi connectivity index (χ0) is 34.5. The van der Waals surface area contributed by atoms with Crippen LogP contribution in [-0.4, -0.2) is 52.4 Å². The van der Waals surface area contributed by atoms with E-state index in [4.69, 9.17) is 0 Å². The lowest BCUT2D eigenvalue weighted by Crippen LogP contribution is -2.50. The number of benzene rings is 4. The second-order valence-electron chi connectivity index (χ2n) is 11.8. The average Bonchev–Trinajstić information content (AvgIpc) is 3.10. The minimum atomic E-state index is -1.02. The van der Waals surface area contributed by atoms with Crippen LogP contribution in [0.15, 0.2) is 120 Å². The van der Waals surface area contributed by atoms with Crippen LogP contribution >= 0.6 is 0 Å². The number of carbonyl (C=O) groups excluding carboxylic acids is 2. The molecule has 1 aromatic heterocycles. The number of aliphatic hydroxyl groups is 1. The van der Waals surface area contributed by atoms with Crippen LogP contribution in [0.4, 0.5) is 18.9 Å². The minimum Gasteiger partial charge on any atom is -0.507 e. The molecular formula is C39H32F3N3O4. The fourth-order valence-electron chi connectivity index (χ4n) is 5.94. The Labute approximate surface area is 280 Å². The standard InChI is InChI=1S/C39H32F3N3O4/c40-31-19-26(20-32(41)22-31)18-27-21-34(38(48)45(24-27)25-30-8-4-5-9-35(30)42)36(46)23-37(47)39(49)44-16-14-43(15-17-44)33-12-10-29(11-13-33)28-6-2-1-3-7-28/h1-13,19-24,46H,14-18,25H2. The molecule has 0 saturated carbocycles. The van der Waals surface area contributed by atoms with Crippen LogP contribution in [0.3, 0.4) is 0 Å². The molecule has 1 fully saturated rings. The summed E-state index contributed by atoms with van der Waals surface area (Å²) in [6.07, 6.45) is 2.06. The second kappa shape index (κ2) is 14.5. The summed E-state index contributed by atoms with van der Waals surface area (Å²) >= 11 is 0. The highest BCUT2D eigenvalue weighted by Crippen LogP contribution is 2.24. The van der Waals surface area contributed by atoms with Crippen molar-refractivity contribution in [3.63, 3.8) is 0 Å². The number of amides is 1. The van der Waals surface area contributed by atoms with Crippen molar-refractivity contribution >= 4 is 23.1 Å². The van der Waals surface area contributed by atoms with Crippen LogP contribution in [0.25, 0.3) is 16.9 Å². The van der Waals surface area contributed by atoms with Gasteiger partial charge in [-0.2, -0.15) is 0 Å². The molecule has 1 amide bonds. The van der Waals surface area contributed by atoms with Gasteiger partial charge in [0.1, 0.15) is 23.2 Å². The third-order valence-corrected chi connectivity index (χ3v) is 8.43. The molecule has 10 heteroatoms. The maximum absolute atomic E-state index is 14.5. The van der Waals surface area contributed by atoms with Crippen molar-refractivity contribution in [2.24, 2.45) is 0 Å². The number of hydrogen-bond acceptors (Lipinski definition) is 5.